The van der Waals surface area contributed by atoms with E-state index in [1.165, 1.54) is 13.2 Å². The first-order chi connectivity index (χ1) is 10.4. The molecule has 1 aromatic heterocycles. The quantitative estimate of drug-likeness (QED) is 0.784. The molecule has 0 saturated carbocycles. The fourth-order valence-corrected chi connectivity index (χ4v) is 2.37. The van der Waals surface area contributed by atoms with Crippen molar-refractivity contribution in [3.05, 3.63) is 51.6 Å². The van der Waals surface area contributed by atoms with Crippen molar-refractivity contribution in [1.82, 2.24) is 9.88 Å². The Labute approximate surface area is 123 Å². The van der Waals surface area contributed by atoms with Crippen LogP contribution in [-0.2, 0) is 0 Å². The SMILES string of the molecule is COc1ccc(F)cc1-n1c(N)c2c(cc1=O)C(=O)NC2=O. The zero-order valence-electron chi connectivity index (χ0n) is 11.3. The van der Waals surface area contributed by atoms with E-state index in [2.05, 4.69) is 5.32 Å². The second-order valence-corrected chi connectivity index (χ2v) is 4.59. The van der Waals surface area contributed by atoms with Gasteiger partial charge in [0, 0.05) is 12.1 Å². The maximum atomic E-state index is 13.5. The van der Waals surface area contributed by atoms with Gasteiger partial charge in [0.1, 0.15) is 17.4 Å². The summed E-state index contributed by atoms with van der Waals surface area (Å²) in [5, 5.41) is 2.05. The second-order valence-electron chi connectivity index (χ2n) is 4.59. The average molecular weight is 303 g/mol. The van der Waals surface area contributed by atoms with Gasteiger partial charge in [-0.1, -0.05) is 0 Å². The molecular formula is C14H10FN3O4. The molecule has 1 aromatic carbocycles. The number of hydrogen-bond donors (Lipinski definition) is 2. The summed E-state index contributed by atoms with van der Waals surface area (Å²) in [6.07, 6.45) is 0. The van der Waals surface area contributed by atoms with Crippen molar-refractivity contribution in [3.8, 4) is 11.4 Å². The number of hydrogen-bond acceptors (Lipinski definition) is 5. The standard InChI is InChI=1S/C14H10FN3O4/c1-22-9-3-2-6(15)4-8(9)18-10(19)5-7-11(12(18)16)14(21)17-13(7)20/h2-5H,16H2,1H3,(H,17,20,21). The van der Waals surface area contributed by atoms with Gasteiger partial charge in [-0.25, -0.2) is 4.39 Å². The summed E-state index contributed by atoms with van der Waals surface area (Å²) in [5.41, 5.74) is 5.02. The molecular weight excluding hydrogens is 293 g/mol. The number of halogens is 1. The summed E-state index contributed by atoms with van der Waals surface area (Å²) in [7, 11) is 1.35. The first-order valence-electron chi connectivity index (χ1n) is 6.19. The highest BCUT2D eigenvalue weighted by Crippen LogP contribution is 2.28. The molecule has 1 aliphatic heterocycles. The summed E-state index contributed by atoms with van der Waals surface area (Å²) >= 11 is 0. The number of nitrogens with one attached hydrogen (secondary N) is 1. The highest BCUT2D eigenvalue weighted by Gasteiger charge is 2.32. The number of pyridine rings is 1. The molecule has 1 aliphatic rings. The smallest absolute Gasteiger partial charge is 0.262 e. The number of nitrogen functional groups attached to an aromatic ring is 1. The van der Waals surface area contributed by atoms with Crippen molar-refractivity contribution >= 4 is 17.6 Å². The van der Waals surface area contributed by atoms with Gasteiger partial charge >= 0.3 is 0 Å². The Morgan fingerprint density at radius 2 is 1.91 bits per heavy atom. The summed E-state index contributed by atoms with van der Waals surface area (Å²) in [6, 6.07) is 4.52. The van der Waals surface area contributed by atoms with Gasteiger partial charge in [0.25, 0.3) is 17.4 Å². The molecule has 112 valence electrons. The molecule has 0 bridgehead atoms. The fourth-order valence-electron chi connectivity index (χ4n) is 2.37. The molecule has 0 spiro atoms. The van der Waals surface area contributed by atoms with Gasteiger partial charge in [-0.2, -0.15) is 0 Å². The lowest BCUT2D eigenvalue weighted by Gasteiger charge is -2.14. The molecule has 8 heteroatoms. The van der Waals surface area contributed by atoms with Crippen LogP contribution < -0.4 is 21.3 Å². The van der Waals surface area contributed by atoms with Crippen molar-refractivity contribution < 1.29 is 18.7 Å². The van der Waals surface area contributed by atoms with Crippen LogP contribution in [0.2, 0.25) is 0 Å². The minimum atomic E-state index is -0.707. The van der Waals surface area contributed by atoms with Crippen LogP contribution >= 0.6 is 0 Å². The van der Waals surface area contributed by atoms with Crippen LogP contribution in [0, 0.1) is 5.82 Å². The van der Waals surface area contributed by atoms with E-state index in [1.807, 2.05) is 0 Å². The molecule has 0 fully saturated rings. The number of amides is 2. The molecule has 0 radical (unpaired) electrons. The lowest BCUT2D eigenvalue weighted by Crippen LogP contribution is -2.24. The topological polar surface area (TPSA) is 103 Å². The van der Waals surface area contributed by atoms with Gasteiger partial charge in [0.05, 0.1) is 23.9 Å². The first kappa shape index (κ1) is 13.8. The maximum absolute atomic E-state index is 13.5. The van der Waals surface area contributed by atoms with E-state index in [-0.39, 0.29) is 28.4 Å². The zero-order valence-corrected chi connectivity index (χ0v) is 11.3. The van der Waals surface area contributed by atoms with Gasteiger partial charge in [0.2, 0.25) is 0 Å². The summed E-state index contributed by atoms with van der Waals surface area (Å²) < 4.78 is 19.5. The number of nitrogens with zero attached hydrogens (tertiary/aromatic N) is 1. The number of nitrogens with two attached hydrogens (primary N) is 1. The molecule has 0 atom stereocenters. The third-order valence-corrected chi connectivity index (χ3v) is 3.34. The average Bonchev–Trinajstić information content (AvgIpc) is 2.74. The highest BCUT2D eigenvalue weighted by atomic mass is 19.1. The predicted octanol–water partition coefficient (Wildman–Crippen LogP) is 0.451. The Bertz CT molecular complexity index is 888. The van der Waals surface area contributed by atoms with Crippen LogP contribution in [0.4, 0.5) is 10.2 Å². The van der Waals surface area contributed by atoms with Crippen molar-refractivity contribution in [2.24, 2.45) is 0 Å². The lowest BCUT2D eigenvalue weighted by atomic mass is 10.1. The van der Waals surface area contributed by atoms with Crippen LogP contribution in [0.3, 0.4) is 0 Å². The van der Waals surface area contributed by atoms with E-state index in [1.54, 1.807) is 0 Å². The van der Waals surface area contributed by atoms with Crippen molar-refractivity contribution in [2.75, 3.05) is 12.8 Å². The summed E-state index contributed by atoms with van der Waals surface area (Å²) in [4.78, 5) is 35.6. The Balaban J connectivity index is 2.37. The van der Waals surface area contributed by atoms with Crippen molar-refractivity contribution in [3.63, 3.8) is 0 Å². The normalized spacial score (nSPS) is 13.0. The molecule has 22 heavy (non-hydrogen) atoms. The molecule has 3 rings (SSSR count). The largest absolute Gasteiger partial charge is 0.495 e. The van der Waals surface area contributed by atoms with Gasteiger partial charge in [-0.3, -0.25) is 24.3 Å². The van der Waals surface area contributed by atoms with Crippen LogP contribution in [-0.4, -0.2) is 23.5 Å². The van der Waals surface area contributed by atoms with Gasteiger partial charge in [0.15, 0.2) is 0 Å². The predicted molar refractivity (Wildman–Crippen MR) is 74.8 cm³/mol. The molecule has 7 nitrogen and oxygen atoms in total. The number of ether oxygens (including phenoxy) is 1. The van der Waals surface area contributed by atoms with Crippen LogP contribution in [0.25, 0.3) is 5.69 Å². The summed E-state index contributed by atoms with van der Waals surface area (Å²) in [5.74, 6) is -2.07. The van der Waals surface area contributed by atoms with E-state index in [9.17, 15) is 18.8 Å². The number of imide groups is 1. The molecule has 0 aliphatic carbocycles. The van der Waals surface area contributed by atoms with E-state index < -0.39 is 23.2 Å². The number of anilines is 1. The third kappa shape index (κ3) is 1.85. The summed E-state index contributed by atoms with van der Waals surface area (Å²) in [6.45, 7) is 0. The Morgan fingerprint density at radius 1 is 1.18 bits per heavy atom. The number of carbonyl (C=O) groups excluding carboxylic acids is 2. The molecule has 2 aromatic rings. The Morgan fingerprint density at radius 3 is 2.59 bits per heavy atom. The minimum absolute atomic E-state index is 0.0416. The number of benzene rings is 1. The van der Waals surface area contributed by atoms with Gasteiger partial charge < -0.3 is 10.5 Å². The third-order valence-electron chi connectivity index (χ3n) is 3.34. The number of rotatable bonds is 2. The molecule has 0 saturated heterocycles. The van der Waals surface area contributed by atoms with Gasteiger partial charge in [-0.05, 0) is 12.1 Å². The van der Waals surface area contributed by atoms with Crippen LogP contribution in [0.1, 0.15) is 20.7 Å². The van der Waals surface area contributed by atoms with Crippen molar-refractivity contribution in [1.29, 1.82) is 0 Å². The first-order valence-corrected chi connectivity index (χ1v) is 6.19. The zero-order chi connectivity index (χ0) is 16.0. The van der Waals surface area contributed by atoms with E-state index in [0.717, 1.165) is 22.8 Å². The van der Waals surface area contributed by atoms with Crippen LogP contribution in [0.5, 0.6) is 5.75 Å². The van der Waals surface area contributed by atoms with E-state index in [0.29, 0.717) is 0 Å². The monoisotopic (exact) mass is 303 g/mol. The Kier molecular flexibility index (Phi) is 2.94. The molecule has 2 heterocycles. The number of carbonyl (C=O) groups is 2. The highest BCUT2D eigenvalue weighted by molar-refractivity contribution is 6.23. The van der Waals surface area contributed by atoms with Gasteiger partial charge in [-0.15, -0.1) is 0 Å². The lowest BCUT2D eigenvalue weighted by molar-refractivity contribution is 0.0880. The van der Waals surface area contributed by atoms with E-state index >= 15 is 0 Å². The molecule has 0 unspecified atom stereocenters. The Hall–Kier alpha value is -3.16. The van der Waals surface area contributed by atoms with Crippen molar-refractivity contribution in [2.45, 2.75) is 0 Å². The maximum Gasteiger partial charge on any atom is 0.262 e. The van der Waals surface area contributed by atoms with E-state index in [4.69, 9.17) is 10.5 Å². The minimum Gasteiger partial charge on any atom is -0.495 e. The molecule has 2 amide bonds. The number of fused-ring (bicyclic) bond motifs is 1. The molecule has 3 N–H and O–H groups in total. The number of methoxy groups -OCH3 is 1. The second kappa shape index (κ2) is 4.69. The fraction of sp³-hybridized carbons (Fsp3) is 0.0714. The number of aromatic nitrogens is 1. The van der Waals surface area contributed by atoms with Crippen LogP contribution in [0.15, 0.2) is 29.1 Å².